The van der Waals surface area contributed by atoms with Crippen molar-refractivity contribution in [2.24, 2.45) is 5.92 Å². The summed E-state index contributed by atoms with van der Waals surface area (Å²) in [5.41, 5.74) is 0.0459. The van der Waals surface area contributed by atoms with Crippen LogP contribution >= 0.6 is 0 Å². The zero-order chi connectivity index (χ0) is 13.9. The molecule has 0 bridgehead atoms. The fraction of sp³-hybridized carbons (Fsp3) is 0.625. The van der Waals surface area contributed by atoms with Gasteiger partial charge in [-0.25, -0.2) is 4.39 Å². The van der Waals surface area contributed by atoms with E-state index < -0.39 is 11.7 Å². The first-order chi connectivity index (χ1) is 9.07. The fourth-order valence-corrected chi connectivity index (χ4v) is 3.23. The van der Waals surface area contributed by atoms with E-state index in [2.05, 4.69) is 6.92 Å². The minimum absolute atomic E-state index is 0.253. The molecule has 0 aromatic heterocycles. The molecule has 106 valence electrons. The Hall–Kier alpha value is -0.930. The number of rotatable bonds is 4. The van der Waals surface area contributed by atoms with Gasteiger partial charge < -0.3 is 9.84 Å². The molecule has 0 radical (unpaired) electrons. The minimum Gasteiger partial charge on any atom is -0.390 e. The first-order valence-corrected chi connectivity index (χ1v) is 7.04. The van der Waals surface area contributed by atoms with Gasteiger partial charge >= 0.3 is 0 Å². The molecule has 3 atom stereocenters. The van der Waals surface area contributed by atoms with Crippen LogP contribution in [0.15, 0.2) is 24.3 Å². The monoisotopic (exact) mass is 266 g/mol. The third-order valence-corrected chi connectivity index (χ3v) is 4.38. The fourth-order valence-electron chi connectivity index (χ4n) is 3.23. The third-order valence-electron chi connectivity index (χ3n) is 4.38. The van der Waals surface area contributed by atoms with Crippen molar-refractivity contribution < 1.29 is 14.2 Å². The molecule has 1 aromatic carbocycles. The number of benzene rings is 1. The van der Waals surface area contributed by atoms with Crippen molar-refractivity contribution in [3.63, 3.8) is 0 Å². The molecule has 1 aromatic rings. The molecule has 1 aliphatic carbocycles. The summed E-state index contributed by atoms with van der Waals surface area (Å²) in [5.74, 6) is 0.292. The standard InChI is InChI=1S/C16H23FO2/c1-12-6-5-9-16(11-12,19-2)15(18)10-13-7-3-4-8-14(13)17/h3-4,7-8,12,15,18H,5-6,9-11H2,1-2H3. The van der Waals surface area contributed by atoms with Crippen LogP contribution in [-0.4, -0.2) is 23.9 Å². The van der Waals surface area contributed by atoms with Gasteiger partial charge in [-0.15, -0.1) is 0 Å². The molecule has 2 nitrogen and oxygen atoms in total. The summed E-state index contributed by atoms with van der Waals surface area (Å²) in [5, 5.41) is 10.5. The van der Waals surface area contributed by atoms with Gasteiger partial charge in [-0.3, -0.25) is 0 Å². The van der Waals surface area contributed by atoms with Crippen molar-refractivity contribution in [2.45, 2.75) is 50.7 Å². The molecule has 1 N–H and O–H groups in total. The molecule has 19 heavy (non-hydrogen) atoms. The summed E-state index contributed by atoms with van der Waals surface area (Å²) < 4.78 is 19.3. The van der Waals surface area contributed by atoms with Crippen molar-refractivity contribution in [1.29, 1.82) is 0 Å². The van der Waals surface area contributed by atoms with Crippen molar-refractivity contribution in [3.8, 4) is 0 Å². The Morgan fingerprint density at radius 2 is 2.21 bits per heavy atom. The zero-order valence-corrected chi connectivity index (χ0v) is 11.7. The predicted octanol–water partition coefficient (Wildman–Crippen LogP) is 3.32. The minimum atomic E-state index is -0.655. The topological polar surface area (TPSA) is 29.5 Å². The highest BCUT2D eigenvalue weighted by Gasteiger charge is 2.41. The molecule has 3 unspecified atom stereocenters. The summed E-state index contributed by atoms with van der Waals surface area (Å²) in [7, 11) is 1.66. The van der Waals surface area contributed by atoms with Gasteiger partial charge in [0.2, 0.25) is 0 Å². The SMILES string of the molecule is COC1(C(O)Cc2ccccc2F)CCCC(C)C1. The van der Waals surface area contributed by atoms with E-state index in [1.54, 1.807) is 25.3 Å². The summed E-state index contributed by atoms with van der Waals surface area (Å²) >= 11 is 0. The van der Waals surface area contributed by atoms with E-state index in [1.807, 2.05) is 0 Å². The van der Waals surface area contributed by atoms with Crippen LogP contribution in [0.2, 0.25) is 0 Å². The van der Waals surface area contributed by atoms with Crippen molar-refractivity contribution in [3.05, 3.63) is 35.6 Å². The average Bonchev–Trinajstić information content (AvgIpc) is 2.41. The maximum absolute atomic E-state index is 13.7. The normalized spacial score (nSPS) is 29.2. The lowest BCUT2D eigenvalue weighted by Crippen LogP contribution is -2.48. The van der Waals surface area contributed by atoms with E-state index in [0.29, 0.717) is 17.9 Å². The van der Waals surface area contributed by atoms with Gasteiger partial charge in [0.25, 0.3) is 0 Å². The number of halogens is 1. The number of hydrogen-bond acceptors (Lipinski definition) is 2. The Balaban J connectivity index is 2.13. The Morgan fingerprint density at radius 3 is 2.84 bits per heavy atom. The first-order valence-electron chi connectivity index (χ1n) is 7.04. The quantitative estimate of drug-likeness (QED) is 0.906. The molecule has 0 saturated heterocycles. The van der Waals surface area contributed by atoms with E-state index in [1.165, 1.54) is 12.5 Å². The number of methoxy groups -OCH3 is 1. The molecule has 0 spiro atoms. The van der Waals surface area contributed by atoms with Gasteiger partial charge in [0.1, 0.15) is 5.82 Å². The molecule has 0 heterocycles. The molecule has 0 amide bonds. The van der Waals surface area contributed by atoms with Gasteiger partial charge in [-0.1, -0.05) is 38.0 Å². The van der Waals surface area contributed by atoms with Crippen LogP contribution < -0.4 is 0 Å². The van der Waals surface area contributed by atoms with Crippen LogP contribution in [-0.2, 0) is 11.2 Å². The summed E-state index contributed by atoms with van der Waals surface area (Å²) in [4.78, 5) is 0. The highest BCUT2D eigenvalue weighted by atomic mass is 19.1. The van der Waals surface area contributed by atoms with Crippen molar-refractivity contribution in [2.75, 3.05) is 7.11 Å². The molecule has 3 heteroatoms. The van der Waals surface area contributed by atoms with Gasteiger partial charge in [-0.2, -0.15) is 0 Å². The second-order valence-electron chi connectivity index (χ2n) is 5.78. The lowest BCUT2D eigenvalue weighted by Gasteiger charge is -2.42. The van der Waals surface area contributed by atoms with Crippen LogP contribution in [0, 0.1) is 11.7 Å². The molecule has 0 aliphatic heterocycles. The Kier molecular flexibility index (Phi) is 4.58. The van der Waals surface area contributed by atoms with Crippen LogP contribution in [0.4, 0.5) is 4.39 Å². The summed E-state index contributed by atoms with van der Waals surface area (Å²) in [6, 6.07) is 6.63. The smallest absolute Gasteiger partial charge is 0.126 e. The Labute approximate surface area is 114 Å². The lowest BCUT2D eigenvalue weighted by molar-refractivity contribution is -0.131. The maximum Gasteiger partial charge on any atom is 0.126 e. The summed E-state index contributed by atoms with van der Waals surface area (Å²) in [6.07, 6.45) is 3.59. The van der Waals surface area contributed by atoms with Crippen molar-refractivity contribution >= 4 is 0 Å². The molecule has 1 fully saturated rings. The molecule has 2 rings (SSSR count). The Bertz CT molecular complexity index is 421. The van der Waals surface area contributed by atoms with Crippen LogP contribution in [0.1, 0.15) is 38.2 Å². The van der Waals surface area contributed by atoms with E-state index in [0.717, 1.165) is 19.3 Å². The van der Waals surface area contributed by atoms with Crippen LogP contribution in [0.25, 0.3) is 0 Å². The highest BCUT2D eigenvalue weighted by Crippen LogP contribution is 2.38. The third kappa shape index (κ3) is 3.15. The zero-order valence-electron chi connectivity index (χ0n) is 11.7. The van der Waals surface area contributed by atoms with Crippen molar-refractivity contribution in [1.82, 2.24) is 0 Å². The Morgan fingerprint density at radius 1 is 1.47 bits per heavy atom. The number of hydrogen-bond donors (Lipinski definition) is 1. The molecule has 1 saturated carbocycles. The van der Waals surface area contributed by atoms with E-state index in [4.69, 9.17) is 4.74 Å². The maximum atomic E-state index is 13.7. The predicted molar refractivity (Wildman–Crippen MR) is 73.5 cm³/mol. The van der Waals surface area contributed by atoms with Gasteiger partial charge in [-0.05, 0) is 30.4 Å². The number of aliphatic hydroxyl groups excluding tert-OH is 1. The van der Waals surface area contributed by atoms with Crippen LogP contribution in [0.5, 0.6) is 0 Å². The average molecular weight is 266 g/mol. The van der Waals surface area contributed by atoms with E-state index in [-0.39, 0.29) is 5.82 Å². The molecular weight excluding hydrogens is 243 g/mol. The lowest BCUT2D eigenvalue weighted by atomic mass is 9.74. The second-order valence-corrected chi connectivity index (χ2v) is 5.78. The molecular formula is C16H23FO2. The van der Waals surface area contributed by atoms with E-state index in [9.17, 15) is 9.50 Å². The largest absolute Gasteiger partial charge is 0.390 e. The first kappa shape index (κ1) is 14.5. The summed E-state index contributed by atoms with van der Waals surface area (Å²) in [6.45, 7) is 2.18. The van der Waals surface area contributed by atoms with Gasteiger partial charge in [0.05, 0.1) is 11.7 Å². The highest BCUT2D eigenvalue weighted by molar-refractivity contribution is 5.19. The van der Waals surface area contributed by atoms with Gasteiger partial charge in [0, 0.05) is 13.5 Å². The number of ether oxygens (including phenoxy) is 1. The number of aliphatic hydroxyl groups is 1. The van der Waals surface area contributed by atoms with E-state index >= 15 is 0 Å². The van der Waals surface area contributed by atoms with Gasteiger partial charge in [0.15, 0.2) is 0 Å². The molecule has 1 aliphatic rings. The van der Waals surface area contributed by atoms with Crippen LogP contribution in [0.3, 0.4) is 0 Å². The second kappa shape index (κ2) is 6.02.